The van der Waals surface area contributed by atoms with Crippen molar-refractivity contribution >= 4 is 34.6 Å². The number of benzene rings is 1. The van der Waals surface area contributed by atoms with E-state index in [1.807, 2.05) is 6.07 Å². The van der Waals surface area contributed by atoms with E-state index >= 15 is 0 Å². The predicted molar refractivity (Wildman–Crippen MR) is 89.6 cm³/mol. The molecule has 0 saturated carbocycles. The third-order valence-electron chi connectivity index (χ3n) is 4.83. The lowest BCUT2D eigenvalue weighted by Crippen LogP contribution is -2.53. The van der Waals surface area contributed by atoms with Gasteiger partial charge in [0.2, 0.25) is 5.91 Å². The summed E-state index contributed by atoms with van der Waals surface area (Å²) in [5, 5.41) is 9.44. The highest BCUT2D eigenvalue weighted by Crippen LogP contribution is 2.29. The van der Waals surface area contributed by atoms with Crippen molar-refractivity contribution in [3.05, 3.63) is 23.2 Å². The van der Waals surface area contributed by atoms with Gasteiger partial charge in [-0.1, -0.05) is 11.6 Å². The molecule has 0 bridgehead atoms. The molecule has 0 spiro atoms. The second-order valence-corrected chi connectivity index (χ2v) is 6.88. The van der Waals surface area contributed by atoms with Gasteiger partial charge in [0, 0.05) is 43.2 Å². The van der Waals surface area contributed by atoms with Gasteiger partial charge in [-0.05, 0) is 25.0 Å². The highest BCUT2D eigenvalue weighted by molar-refractivity contribution is 6.31. The SMILES string of the molecule is N#CC1CN(C(=O)C2CCN(c3nc4ccc(Cl)cc4o3)CC2)C1. The summed E-state index contributed by atoms with van der Waals surface area (Å²) >= 11 is 5.97. The molecular formula is C17H17ClN4O2. The molecule has 2 aliphatic rings. The lowest BCUT2D eigenvalue weighted by Gasteiger charge is -2.39. The highest BCUT2D eigenvalue weighted by atomic mass is 35.5. The van der Waals surface area contributed by atoms with Crippen molar-refractivity contribution < 1.29 is 9.21 Å². The molecule has 0 aliphatic carbocycles. The summed E-state index contributed by atoms with van der Waals surface area (Å²) in [5.74, 6) is 0.242. The number of oxazole rings is 1. The molecule has 1 aromatic heterocycles. The fourth-order valence-corrected chi connectivity index (χ4v) is 3.50. The van der Waals surface area contributed by atoms with E-state index < -0.39 is 0 Å². The summed E-state index contributed by atoms with van der Waals surface area (Å²) in [4.78, 5) is 20.8. The first kappa shape index (κ1) is 15.3. The number of hydrogen-bond acceptors (Lipinski definition) is 5. The Hall–Kier alpha value is -2.26. The van der Waals surface area contributed by atoms with Gasteiger partial charge in [-0.2, -0.15) is 10.2 Å². The largest absolute Gasteiger partial charge is 0.423 e. The molecule has 1 amide bonds. The van der Waals surface area contributed by atoms with Crippen molar-refractivity contribution in [2.24, 2.45) is 11.8 Å². The van der Waals surface area contributed by atoms with Gasteiger partial charge in [0.15, 0.2) is 5.58 Å². The highest BCUT2D eigenvalue weighted by Gasteiger charge is 2.36. The standard InChI is InChI=1S/C17H17ClN4O2/c18-13-1-2-14-15(7-13)24-17(20-14)21-5-3-12(4-6-21)16(23)22-9-11(8-19)10-22/h1-2,7,11-12H,3-6,9-10H2. The molecule has 2 saturated heterocycles. The van der Waals surface area contributed by atoms with Gasteiger partial charge in [-0.25, -0.2) is 0 Å². The molecule has 124 valence electrons. The van der Waals surface area contributed by atoms with Crippen LogP contribution in [0.5, 0.6) is 0 Å². The summed E-state index contributed by atoms with van der Waals surface area (Å²) in [5.41, 5.74) is 1.47. The normalized spacial score (nSPS) is 19.3. The average Bonchev–Trinajstić information content (AvgIpc) is 2.97. The summed E-state index contributed by atoms with van der Waals surface area (Å²) < 4.78 is 5.79. The van der Waals surface area contributed by atoms with Crippen molar-refractivity contribution in [3.8, 4) is 6.07 Å². The number of halogens is 1. The van der Waals surface area contributed by atoms with Gasteiger partial charge < -0.3 is 14.2 Å². The Morgan fingerprint density at radius 3 is 2.79 bits per heavy atom. The first-order valence-corrected chi connectivity index (χ1v) is 8.51. The lowest BCUT2D eigenvalue weighted by molar-refractivity contribution is -0.141. The topological polar surface area (TPSA) is 73.4 Å². The number of hydrogen-bond donors (Lipinski definition) is 0. The number of fused-ring (bicyclic) bond motifs is 1. The maximum absolute atomic E-state index is 12.4. The van der Waals surface area contributed by atoms with Crippen LogP contribution in [0.2, 0.25) is 5.02 Å². The zero-order chi connectivity index (χ0) is 16.7. The molecular weight excluding hydrogens is 328 g/mol. The van der Waals surface area contributed by atoms with Crippen molar-refractivity contribution in [2.75, 3.05) is 31.1 Å². The van der Waals surface area contributed by atoms with Gasteiger partial charge in [-0.3, -0.25) is 4.79 Å². The molecule has 6 nitrogen and oxygen atoms in total. The number of carbonyl (C=O) groups excluding carboxylic acids is 1. The molecule has 0 unspecified atom stereocenters. The second-order valence-electron chi connectivity index (χ2n) is 6.44. The minimum Gasteiger partial charge on any atom is -0.423 e. The quantitative estimate of drug-likeness (QED) is 0.837. The molecule has 24 heavy (non-hydrogen) atoms. The van der Waals surface area contributed by atoms with E-state index in [4.69, 9.17) is 21.3 Å². The summed E-state index contributed by atoms with van der Waals surface area (Å²) in [6, 6.07) is 8.19. The van der Waals surface area contributed by atoms with Gasteiger partial charge in [0.25, 0.3) is 6.01 Å². The molecule has 2 aliphatic heterocycles. The molecule has 3 heterocycles. The third kappa shape index (κ3) is 2.69. The molecule has 7 heteroatoms. The molecule has 1 aromatic carbocycles. The van der Waals surface area contributed by atoms with E-state index in [0.717, 1.165) is 31.4 Å². The van der Waals surface area contributed by atoms with Crippen LogP contribution in [-0.2, 0) is 4.79 Å². The number of likely N-dealkylation sites (tertiary alicyclic amines) is 1. The van der Waals surface area contributed by atoms with Gasteiger partial charge in [-0.15, -0.1) is 0 Å². The van der Waals surface area contributed by atoms with Crippen molar-refractivity contribution in [2.45, 2.75) is 12.8 Å². The third-order valence-corrected chi connectivity index (χ3v) is 5.06. The van der Waals surface area contributed by atoms with E-state index in [1.165, 1.54) is 0 Å². The Balaban J connectivity index is 1.38. The van der Waals surface area contributed by atoms with Crippen LogP contribution < -0.4 is 4.90 Å². The van der Waals surface area contributed by atoms with Crippen LogP contribution in [0.15, 0.2) is 22.6 Å². The molecule has 2 fully saturated rings. The fraction of sp³-hybridized carbons (Fsp3) is 0.471. The zero-order valence-electron chi connectivity index (χ0n) is 13.1. The number of nitrogens with zero attached hydrogens (tertiary/aromatic N) is 4. The maximum atomic E-state index is 12.4. The molecule has 0 N–H and O–H groups in total. The molecule has 4 rings (SSSR count). The monoisotopic (exact) mass is 344 g/mol. The van der Waals surface area contributed by atoms with Crippen molar-refractivity contribution in [1.29, 1.82) is 5.26 Å². The van der Waals surface area contributed by atoms with Crippen LogP contribution in [0, 0.1) is 23.2 Å². The second kappa shape index (κ2) is 5.99. The van der Waals surface area contributed by atoms with E-state index in [-0.39, 0.29) is 17.7 Å². The first-order valence-electron chi connectivity index (χ1n) is 8.13. The lowest BCUT2D eigenvalue weighted by atomic mass is 9.92. The van der Waals surface area contributed by atoms with Crippen molar-refractivity contribution in [1.82, 2.24) is 9.88 Å². The van der Waals surface area contributed by atoms with Crippen LogP contribution in [0.1, 0.15) is 12.8 Å². The van der Waals surface area contributed by atoms with Crippen LogP contribution >= 0.6 is 11.6 Å². The molecule has 0 atom stereocenters. The summed E-state index contributed by atoms with van der Waals surface area (Å²) in [7, 11) is 0. The average molecular weight is 345 g/mol. The number of carbonyl (C=O) groups is 1. The Labute approximate surface area is 144 Å². The van der Waals surface area contributed by atoms with Crippen LogP contribution in [0.25, 0.3) is 11.1 Å². The van der Waals surface area contributed by atoms with Crippen LogP contribution in [0.3, 0.4) is 0 Å². The smallest absolute Gasteiger partial charge is 0.298 e. The maximum Gasteiger partial charge on any atom is 0.298 e. The molecule has 2 aromatic rings. The number of rotatable bonds is 2. The minimum atomic E-state index is 0.0145. The van der Waals surface area contributed by atoms with Crippen LogP contribution in [-0.4, -0.2) is 42.0 Å². The minimum absolute atomic E-state index is 0.0145. The first-order chi connectivity index (χ1) is 11.6. The van der Waals surface area contributed by atoms with E-state index in [1.54, 1.807) is 17.0 Å². The van der Waals surface area contributed by atoms with Gasteiger partial charge in [0.1, 0.15) is 5.52 Å². The summed E-state index contributed by atoms with van der Waals surface area (Å²) in [6.07, 6.45) is 1.57. The number of nitriles is 1. The fourth-order valence-electron chi connectivity index (χ4n) is 3.34. The Morgan fingerprint density at radius 1 is 1.33 bits per heavy atom. The van der Waals surface area contributed by atoms with E-state index in [9.17, 15) is 4.79 Å². The van der Waals surface area contributed by atoms with E-state index in [0.29, 0.717) is 29.7 Å². The van der Waals surface area contributed by atoms with Crippen molar-refractivity contribution in [3.63, 3.8) is 0 Å². The Bertz CT molecular complexity index is 814. The number of anilines is 1. The Kier molecular flexibility index (Phi) is 3.81. The van der Waals surface area contributed by atoms with Crippen LogP contribution in [0.4, 0.5) is 6.01 Å². The molecule has 0 radical (unpaired) electrons. The number of aromatic nitrogens is 1. The Morgan fingerprint density at radius 2 is 2.08 bits per heavy atom. The summed E-state index contributed by atoms with van der Waals surface area (Å²) in [6.45, 7) is 2.65. The predicted octanol–water partition coefficient (Wildman–Crippen LogP) is 2.68. The zero-order valence-corrected chi connectivity index (χ0v) is 13.9. The number of piperidine rings is 1. The number of amides is 1. The van der Waals surface area contributed by atoms with Gasteiger partial charge in [0.05, 0.1) is 12.0 Å². The van der Waals surface area contributed by atoms with Gasteiger partial charge >= 0.3 is 0 Å². The van der Waals surface area contributed by atoms with E-state index in [2.05, 4.69) is 16.0 Å².